The molecule has 0 fully saturated rings. The Morgan fingerprint density at radius 1 is 0.505 bits per heavy atom. The van der Waals surface area contributed by atoms with Crippen molar-refractivity contribution in [2.75, 3.05) is 65.6 Å². The zero-order chi connectivity index (χ0) is 64.2. The highest BCUT2D eigenvalue weighted by Gasteiger charge is 2.33. The van der Waals surface area contributed by atoms with Crippen LogP contribution in [0.2, 0.25) is 5.15 Å². The molecule has 0 saturated carbocycles. The minimum Gasteiger partial charge on any atom is -0.475 e. The minimum atomic E-state index is -0.373. The fourth-order valence-electron chi connectivity index (χ4n) is 11.3. The molecule has 0 atom stereocenters. The Morgan fingerprint density at radius 2 is 0.895 bits per heavy atom. The number of H-pyrrole nitrogens is 1. The summed E-state index contributed by atoms with van der Waals surface area (Å²) >= 11 is 6.17. The average molecular weight is 1310 g/mol. The third-order valence-corrected chi connectivity index (χ3v) is 15.9. The third kappa shape index (κ3) is 13.2. The third-order valence-electron chi connectivity index (χ3n) is 15.6. The molecule has 11 aromatic rings. The SMILES string of the molecule is C.C.C.C=CCn1c2ccc(N3CCOc4ncnc(Cl)c4C3=O)cc2c(=O)n1Cc1ccccc1.C=CCn1c2ccc(N3CCOc4ncnc(N)c4C3=O)cc2c(=O)n1Cc1ccccc1.CCCn1[nH]c(=O)c2cc(N3CCOc4ncnc(N)c4C3=O)ccc21. The fourth-order valence-corrected chi connectivity index (χ4v) is 11.5. The number of allylic oxidation sites excluding steroid dienone is 2. The zero-order valence-electron chi connectivity index (χ0n) is 49.7. The van der Waals surface area contributed by atoms with Crippen LogP contribution in [0.15, 0.2) is 174 Å². The molecule has 6 aromatic heterocycles. The second-order valence-electron chi connectivity index (χ2n) is 21.3. The number of nitrogens with two attached hydrogens (primary N) is 2. The number of carbonyl (C=O) groups is 3. The first-order chi connectivity index (χ1) is 44.8. The van der Waals surface area contributed by atoms with E-state index in [-0.39, 0.29) is 141 Å². The van der Waals surface area contributed by atoms with Gasteiger partial charge >= 0.3 is 0 Å². The number of aromatic nitrogens is 12. The molecule has 95 heavy (non-hydrogen) atoms. The molecule has 9 heterocycles. The van der Waals surface area contributed by atoms with Crippen molar-refractivity contribution in [3.05, 3.63) is 224 Å². The van der Waals surface area contributed by atoms with Crippen LogP contribution in [0.5, 0.6) is 17.6 Å². The smallest absolute Gasteiger partial charge is 0.274 e. The first-order valence-electron chi connectivity index (χ1n) is 29.3. The van der Waals surface area contributed by atoms with E-state index in [1.807, 2.05) is 118 Å². The van der Waals surface area contributed by atoms with Gasteiger partial charge in [0.05, 0.1) is 78.5 Å². The van der Waals surface area contributed by atoms with Crippen molar-refractivity contribution in [3.63, 3.8) is 0 Å². The van der Waals surface area contributed by atoms with Gasteiger partial charge in [-0.3, -0.25) is 47.9 Å². The van der Waals surface area contributed by atoms with Gasteiger partial charge in [-0.2, -0.15) is 0 Å². The molecule has 3 amide bonds. The van der Waals surface area contributed by atoms with Crippen LogP contribution in [0.4, 0.5) is 28.7 Å². The second kappa shape index (κ2) is 29.3. The Hall–Kier alpha value is -11.7. The van der Waals surface area contributed by atoms with Crippen molar-refractivity contribution in [3.8, 4) is 17.6 Å². The van der Waals surface area contributed by atoms with Gasteiger partial charge in [0.2, 0.25) is 17.6 Å². The summed E-state index contributed by atoms with van der Waals surface area (Å²) in [5.74, 6) is -0.459. The normalized spacial score (nSPS) is 13.2. The van der Waals surface area contributed by atoms with Gasteiger partial charge in [-0.05, 0) is 72.1 Å². The van der Waals surface area contributed by atoms with Crippen molar-refractivity contribution in [2.24, 2.45) is 0 Å². The second-order valence-corrected chi connectivity index (χ2v) is 21.6. The number of nitrogens with zero attached hydrogens (tertiary/aromatic N) is 14. The number of rotatable bonds is 13. The summed E-state index contributed by atoms with van der Waals surface area (Å²) in [6, 6.07) is 35.7. The van der Waals surface area contributed by atoms with E-state index < -0.39 is 0 Å². The summed E-state index contributed by atoms with van der Waals surface area (Å²) in [7, 11) is 0. The lowest BCUT2D eigenvalue weighted by Gasteiger charge is -2.20. The number of aromatic amines is 1. The van der Waals surface area contributed by atoms with E-state index in [0.29, 0.717) is 65.9 Å². The fraction of sp³-hybridized carbons (Fsp3) is 0.235. The first kappa shape index (κ1) is 67.7. The van der Waals surface area contributed by atoms with Crippen LogP contribution in [0.1, 0.15) is 77.8 Å². The largest absolute Gasteiger partial charge is 0.475 e. The van der Waals surface area contributed by atoms with Crippen molar-refractivity contribution >= 4 is 90.7 Å². The summed E-state index contributed by atoms with van der Waals surface area (Å²) in [6.45, 7) is 13.8. The van der Waals surface area contributed by atoms with E-state index in [1.165, 1.54) is 33.7 Å². The maximum Gasteiger partial charge on any atom is 0.274 e. The van der Waals surface area contributed by atoms with Gasteiger partial charge in [-0.1, -0.05) is 114 Å². The van der Waals surface area contributed by atoms with E-state index in [2.05, 4.69) is 48.2 Å². The number of carbonyl (C=O) groups excluding carboxylic acids is 3. The van der Waals surface area contributed by atoms with Gasteiger partial charge in [-0.15, -0.1) is 13.2 Å². The number of anilines is 5. The van der Waals surface area contributed by atoms with Crippen LogP contribution in [-0.2, 0) is 32.7 Å². The maximum atomic E-state index is 13.4. The first-order valence-corrected chi connectivity index (χ1v) is 29.7. The van der Waals surface area contributed by atoms with E-state index in [4.69, 9.17) is 37.3 Å². The van der Waals surface area contributed by atoms with Crippen LogP contribution >= 0.6 is 11.6 Å². The van der Waals surface area contributed by atoms with E-state index >= 15 is 0 Å². The van der Waals surface area contributed by atoms with Gasteiger partial charge in [0.15, 0.2) is 0 Å². The molecule has 0 aliphatic carbocycles. The van der Waals surface area contributed by atoms with E-state index in [1.54, 1.807) is 39.7 Å². The molecule has 0 radical (unpaired) electrons. The van der Waals surface area contributed by atoms with Crippen LogP contribution in [0, 0.1) is 0 Å². The molecule has 27 heteroatoms. The predicted molar refractivity (Wildman–Crippen MR) is 368 cm³/mol. The van der Waals surface area contributed by atoms with Gasteiger partial charge in [-0.25, -0.2) is 39.3 Å². The highest BCUT2D eigenvalue weighted by molar-refractivity contribution is 6.33. The lowest BCUT2D eigenvalue weighted by Crippen LogP contribution is -2.32. The molecule has 0 unspecified atom stereocenters. The van der Waals surface area contributed by atoms with Crippen molar-refractivity contribution in [1.29, 1.82) is 0 Å². The van der Waals surface area contributed by atoms with Gasteiger partial charge in [0, 0.05) is 23.6 Å². The summed E-state index contributed by atoms with van der Waals surface area (Å²) in [6.07, 6.45) is 8.19. The summed E-state index contributed by atoms with van der Waals surface area (Å²) < 4.78 is 25.7. The van der Waals surface area contributed by atoms with Crippen LogP contribution in [-0.4, -0.2) is 116 Å². The van der Waals surface area contributed by atoms with Crippen LogP contribution in [0.3, 0.4) is 0 Å². The summed E-state index contributed by atoms with van der Waals surface area (Å²) in [5, 5.41) is 4.41. The quantitative estimate of drug-likeness (QED) is 0.0716. The molecule has 0 bridgehead atoms. The highest BCUT2D eigenvalue weighted by atomic mass is 35.5. The lowest BCUT2D eigenvalue weighted by molar-refractivity contribution is 0.0981. The van der Waals surface area contributed by atoms with Gasteiger partial charge in [0.1, 0.15) is 72.3 Å². The molecule has 0 saturated heterocycles. The molecule has 0 spiro atoms. The Morgan fingerprint density at radius 3 is 1.32 bits per heavy atom. The van der Waals surface area contributed by atoms with E-state index in [9.17, 15) is 28.8 Å². The predicted octanol–water partition coefficient (Wildman–Crippen LogP) is 9.03. The van der Waals surface area contributed by atoms with Crippen molar-refractivity contribution < 1.29 is 28.6 Å². The molecular formula is C68H72ClN17O9. The van der Waals surface area contributed by atoms with Crippen LogP contribution < -0.4 is 57.1 Å². The molecule has 5 N–H and O–H groups in total. The Bertz CT molecular complexity index is 4650. The number of fused-ring (bicyclic) bond motifs is 6. The number of hydrogen-bond acceptors (Lipinski definition) is 17. The Labute approximate surface area is 550 Å². The molecule has 3 aliphatic rings. The topological polar surface area (TPSA) is 310 Å². The molecule has 26 nitrogen and oxygen atoms in total. The average Bonchev–Trinajstić information content (AvgIpc) is 1.67. The Balaban J connectivity index is 0.000000166. The zero-order valence-corrected chi connectivity index (χ0v) is 50.5. The monoisotopic (exact) mass is 1310 g/mol. The Kier molecular flexibility index (Phi) is 20.9. The number of halogens is 1. The van der Waals surface area contributed by atoms with Crippen LogP contribution in [0.25, 0.3) is 32.7 Å². The minimum absolute atomic E-state index is 0. The lowest BCUT2D eigenvalue weighted by atomic mass is 10.2. The maximum absolute atomic E-state index is 13.4. The van der Waals surface area contributed by atoms with Gasteiger partial charge < -0.3 is 40.4 Å². The summed E-state index contributed by atoms with van der Waals surface area (Å²) in [5.41, 5.74) is 17.8. The number of benzene rings is 5. The molecule has 5 aromatic carbocycles. The number of nitrogens with one attached hydrogen (secondary N) is 1. The molecule has 14 rings (SSSR count). The molecular weight excluding hydrogens is 1230 g/mol. The van der Waals surface area contributed by atoms with Crippen molar-refractivity contribution in [1.82, 2.24) is 58.4 Å². The highest BCUT2D eigenvalue weighted by Crippen LogP contribution is 2.33. The van der Waals surface area contributed by atoms with Crippen molar-refractivity contribution in [2.45, 2.75) is 68.3 Å². The number of nitrogen functional groups attached to an aromatic ring is 2. The number of amides is 3. The standard InChI is InChI=1S/C24H20ClN5O3.C24H22N6O3.C17H18N6O3.3CH4/c2*1-2-10-29-19-9-8-17(13-18(19)23(31)30(29)14-16-6-4-3-5-7-16)28-11-12-33-22-20(24(28)32)21(25)26-15-27-22;1-2-5-23-12-4-3-10(8-11(12)15(24)21-23)22-6-7-26-16-13(17(22)25)14(18)19-9-20-16;;;/h2-9,13,15H,1,10-12,14H2;2-9,13,15H,1,10-12,14H2,(H2,25,26,27);3-4,8-9H,2,5-7H2,1H3,(H,21,24)(H2,18,19,20);3*1H4. The summed E-state index contributed by atoms with van der Waals surface area (Å²) in [4.78, 5) is 107. The van der Waals surface area contributed by atoms with Gasteiger partial charge in [0.25, 0.3) is 34.4 Å². The number of hydrogen-bond donors (Lipinski definition) is 3. The number of ether oxygens (including phenoxy) is 3. The van der Waals surface area contributed by atoms with E-state index in [0.717, 1.165) is 40.6 Å². The molecule has 3 aliphatic heterocycles. The number of aryl methyl sites for hydroxylation is 1. The molecule has 490 valence electrons.